The van der Waals surface area contributed by atoms with Crippen molar-refractivity contribution >= 4 is 17.9 Å². The van der Waals surface area contributed by atoms with Crippen molar-refractivity contribution in [3.05, 3.63) is 11.6 Å². The van der Waals surface area contributed by atoms with E-state index in [0.29, 0.717) is 30.0 Å². The Morgan fingerprint density at radius 3 is 2.44 bits per heavy atom. The summed E-state index contributed by atoms with van der Waals surface area (Å²) in [5.74, 6) is 1.90. The molecule has 0 spiro atoms. The zero-order valence-electron chi connectivity index (χ0n) is 17.5. The SMILES string of the molecule is CC(=O)[C@H]1CC[C@H]2[C@@H]3CC=C4C(C)(C)C(=O)C(C=O)C[C@]4(C)[C@H]3CC[C@]12C. The fraction of sp³-hybridized carbons (Fsp3) is 0.792. The Morgan fingerprint density at radius 2 is 1.81 bits per heavy atom. The summed E-state index contributed by atoms with van der Waals surface area (Å²) in [6.07, 6.45) is 9.36. The molecule has 0 aromatic carbocycles. The van der Waals surface area contributed by atoms with Gasteiger partial charge in [-0.25, -0.2) is 0 Å². The maximum Gasteiger partial charge on any atom is 0.152 e. The predicted molar refractivity (Wildman–Crippen MR) is 105 cm³/mol. The minimum atomic E-state index is -0.540. The van der Waals surface area contributed by atoms with Crippen LogP contribution in [0.1, 0.15) is 73.1 Å². The van der Waals surface area contributed by atoms with Gasteiger partial charge >= 0.3 is 0 Å². The molecular formula is C24H34O3. The Kier molecular flexibility index (Phi) is 4.15. The van der Waals surface area contributed by atoms with E-state index in [1.54, 1.807) is 6.92 Å². The molecule has 0 aromatic heterocycles. The second-order valence-electron chi connectivity index (χ2n) is 10.9. The molecule has 3 fully saturated rings. The number of Topliss-reactive ketones (excluding diaryl/α,β-unsaturated/α-hetero) is 2. The molecule has 3 nitrogen and oxygen atoms in total. The van der Waals surface area contributed by atoms with E-state index in [1.807, 2.05) is 13.8 Å². The van der Waals surface area contributed by atoms with E-state index >= 15 is 0 Å². The van der Waals surface area contributed by atoms with Gasteiger partial charge in [-0.1, -0.05) is 25.5 Å². The fourth-order valence-corrected chi connectivity index (χ4v) is 8.25. The van der Waals surface area contributed by atoms with E-state index in [2.05, 4.69) is 19.9 Å². The summed E-state index contributed by atoms with van der Waals surface area (Å²) in [4.78, 5) is 36.9. The lowest BCUT2D eigenvalue weighted by molar-refractivity contribution is -0.142. The molecule has 3 heteroatoms. The van der Waals surface area contributed by atoms with Gasteiger partial charge in [0.1, 0.15) is 12.1 Å². The molecule has 4 aliphatic carbocycles. The van der Waals surface area contributed by atoms with Crippen molar-refractivity contribution < 1.29 is 14.4 Å². The Labute approximate surface area is 163 Å². The van der Waals surface area contributed by atoms with Gasteiger partial charge in [-0.05, 0) is 87.9 Å². The van der Waals surface area contributed by atoms with Crippen LogP contribution in [0.3, 0.4) is 0 Å². The van der Waals surface area contributed by atoms with Gasteiger partial charge in [0.05, 0.1) is 5.92 Å². The van der Waals surface area contributed by atoms with Crippen LogP contribution in [-0.4, -0.2) is 17.9 Å². The summed E-state index contributed by atoms with van der Waals surface area (Å²) in [6.45, 7) is 10.5. The molecule has 4 rings (SSSR count). The highest BCUT2D eigenvalue weighted by Gasteiger charge is 2.62. The number of ketones is 2. The minimum absolute atomic E-state index is 0.0679. The number of hydrogen-bond acceptors (Lipinski definition) is 3. The Morgan fingerprint density at radius 1 is 1.11 bits per heavy atom. The minimum Gasteiger partial charge on any atom is -0.303 e. The molecule has 27 heavy (non-hydrogen) atoms. The highest BCUT2D eigenvalue weighted by atomic mass is 16.1. The Balaban J connectivity index is 1.75. The molecule has 3 saturated carbocycles. The molecule has 0 N–H and O–H groups in total. The van der Waals surface area contributed by atoms with Crippen molar-refractivity contribution in [2.45, 2.75) is 73.1 Å². The normalized spacial score (nSPS) is 48.1. The maximum absolute atomic E-state index is 12.9. The van der Waals surface area contributed by atoms with Crippen LogP contribution < -0.4 is 0 Å². The summed E-state index contributed by atoms with van der Waals surface area (Å²) in [5.41, 5.74) is 0.812. The molecular weight excluding hydrogens is 336 g/mol. The fourth-order valence-electron chi connectivity index (χ4n) is 8.25. The van der Waals surface area contributed by atoms with Crippen molar-refractivity contribution in [3.8, 4) is 0 Å². The quantitative estimate of drug-likeness (QED) is 0.399. The number of carbonyl (C=O) groups is 3. The lowest BCUT2D eigenvalue weighted by Crippen LogP contribution is -2.56. The van der Waals surface area contributed by atoms with Crippen molar-refractivity contribution in [2.24, 2.45) is 45.8 Å². The summed E-state index contributed by atoms with van der Waals surface area (Å²) in [7, 11) is 0. The van der Waals surface area contributed by atoms with Gasteiger partial charge in [-0.2, -0.15) is 0 Å². The van der Waals surface area contributed by atoms with Gasteiger partial charge in [-0.3, -0.25) is 9.59 Å². The first kappa shape index (κ1) is 19.1. The van der Waals surface area contributed by atoms with Gasteiger partial charge < -0.3 is 4.79 Å². The van der Waals surface area contributed by atoms with Crippen molar-refractivity contribution in [2.75, 3.05) is 0 Å². The molecule has 0 radical (unpaired) electrons. The van der Waals surface area contributed by atoms with Crippen LogP contribution in [0.2, 0.25) is 0 Å². The zero-order valence-corrected chi connectivity index (χ0v) is 17.5. The maximum atomic E-state index is 12.9. The third kappa shape index (κ3) is 2.36. The highest BCUT2D eigenvalue weighted by Crippen LogP contribution is 2.68. The van der Waals surface area contributed by atoms with E-state index in [9.17, 15) is 14.4 Å². The van der Waals surface area contributed by atoms with Crippen LogP contribution in [0.25, 0.3) is 0 Å². The molecule has 0 saturated heterocycles. The predicted octanol–water partition coefficient (Wildman–Crippen LogP) is 4.78. The highest BCUT2D eigenvalue weighted by molar-refractivity contribution is 6.00. The lowest BCUT2D eigenvalue weighted by Gasteiger charge is -2.60. The van der Waals surface area contributed by atoms with Crippen LogP contribution in [0, 0.1) is 45.8 Å². The molecule has 0 bridgehead atoms. The summed E-state index contributed by atoms with van der Waals surface area (Å²) in [6, 6.07) is 0. The molecule has 7 atom stereocenters. The van der Waals surface area contributed by atoms with Gasteiger partial charge in [0.2, 0.25) is 0 Å². The van der Waals surface area contributed by atoms with Crippen LogP contribution >= 0.6 is 0 Å². The molecule has 0 aliphatic heterocycles. The molecule has 0 amide bonds. The molecule has 0 heterocycles. The summed E-state index contributed by atoms with van der Waals surface area (Å²) < 4.78 is 0. The standard InChI is InChI=1S/C24H34O3/c1-14(26)17-7-8-18-16-6-9-20-22(2,3)21(27)15(13-25)12-24(20,5)19(16)10-11-23(17,18)4/h9,13,15-19H,6-8,10-12H2,1-5H3/t15?,16-,17+,18-,19-,23+,24+/m0/s1. The van der Waals surface area contributed by atoms with Crippen LogP contribution in [-0.2, 0) is 14.4 Å². The smallest absolute Gasteiger partial charge is 0.152 e. The third-order valence-corrected chi connectivity index (χ3v) is 9.39. The van der Waals surface area contributed by atoms with Crippen LogP contribution in [0.15, 0.2) is 11.6 Å². The van der Waals surface area contributed by atoms with Crippen LogP contribution in [0.4, 0.5) is 0 Å². The average Bonchev–Trinajstić information content (AvgIpc) is 2.95. The summed E-state index contributed by atoms with van der Waals surface area (Å²) >= 11 is 0. The molecule has 4 aliphatic rings. The number of aldehydes is 1. The molecule has 1 unspecified atom stereocenters. The average molecular weight is 371 g/mol. The van der Waals surface area contributed by atoms with E-state index in [4.69, 9.17) is 0 Å². The van der Waals surface area contributed by atoms with Gasteiger partial charge in [0.15, 0.2) is 5.78 Å². The van der Waals surface area contributed by atoms with E-state index in [1.165, 1.54) is 5.57 Å². The largest absolute Gasteiger partial charge is 0.303 e. The van der Waals surface area contributed by atoms with E-state index in [0.717, 1.165) is 38.4 Å². The molecule has 0 aromatic rings. The second kappa shape index (κ2) is 5.87. The van der Waals surface area contributed by atoms with Gasteiger partial charge in [-0.15, -0.1) is 0 Å². The van der Waals surface area contributed by atoms with Crippen LogP contribution in [0.5, 0.6) is 0 Å². The van der Waals surface area contributed by atoms with Gasteiger partial charge in [0, 0.05) is 11.3 Å². The first-order chi connectivity index (χ1) is 12.6. The van der Waals surface area contributed by atoms with Gasteiger partial charge in [0.25, 0.3) is 0 Å². The number of allylic oxidation sites excluding steroid dienone is 2. The monoisotopic (exact) mass is 370 g/mol. The number of rotatable bonds is 2. The van der Waals surface area contributed by atoms with E-state index < -0.39 is 11.3 Å². The Hall–Kier alpha value is -1.25. The second-order valence-corrected chi connectivity index (χ2v) is 10.9. The number of carbonyl (C=O) groups excluding carboxylic acids is 3. The first-order valence-corrected chi connectivity index (χ1v) is 10.8. The Bertz CT molecular complexity index is 732. The van der Waals surface area contributed by atoms with Crippen molar-refractivity contribution in [1.82, 2.24) is 0 Å². The van der Waals surface area contributed by atoms with Crippen molar-refractivity contribution in [1.29, 1.82) is 0 Å². The van der Waals surface area contributed by atoms with E-state index in [-0.39, 0.29) is 22.5 Å². The molecule has 148 valence electrons. The number of fused-ring (bicyclic) bond motifs is 5. The third-order valence-electron chi connectivity index (χ3n) is 9.39. The topological polar surface area (TPSA) is 51.2 Å². The number of hydrogen-bond donors (Lipinski definition) is 0. The van der Waals surface area contributed by atoms with Crippen molar-refractivity contribution in [3.63, 3.8) is 0 Å². The lowest BCUT2D eigenvalue weighted by atomic mass is 9.43. The zero-order chi connectivity index (χ0) is 19.8. The summed E-state index contributed by atoms with van der Waals surface area (Å²) in [5, 5.41) is 0. The first-order valence-electron chi connectivity index (χ1n) is 10.8.